The largest absolute Gasteiger partial charge is 0.438 e. The molecule has 3 aromatic carbocycles. The van der Waals surface area contributed by atoms with E-state index >= 15 is 0 Å². The van der Waals surface area contributed by atoms with E-state index in [1.54, 1.807) is 6.08 Å². The van der Waals surface area contributed by atoms with Gasteiger partial charge in [0.25, 0.3) is 5.91 Å². The van der Waals surface area contributed by atoms with Crippen molar-refractivity contribution in [3.63, 3.8) is 0 Å². The van der Waals surface area contributed by atoms with Gasteiger partial charge in [-0.05, 0) is 28.2 Å². The summed E-state index contributed by atoms with van der Waals surface area (Å²) in [5.74, 6) is 0.308. The van der Waals surface area contributed by atoms with Crippen LogP contribution in [0, 0.1) is 11.3 Å². The SMILES string of the molecule is CC(C)(C)c1ccc(/C=C/C(=O)Nc2oc(-c3ccccc3)c(-c3ccccc3)c2C#N)cc1. The lowest BCUT2D eigenvalue weighted by Crippen LogP contribution is -2.10. The van der Waals surface area contributed by atoms with Crippen LogP contribution in [-0.4, -0.2) is 5.91 Å². The number of rotatable bonds is 5. The number of nitrogens with one attached hydrogen (secondary N) is 1. The van der Waals surface area contributed by atoms with Crippen LogP contribution in [0.2, 0.25) is 0 Å². The van der Waals surface area contributed by atoms with Crippen molar-refractivity contribution in [1.82, 2.24) is 0 Å². The minimum atomic E-state index is -0.371. The number of nitrogens with zero attached hydrogens (tertiary/aromatic N) is 1. The van der Waals surface area contributed by atoms with Crippen LogP contribution >= 0.6 is 0 Å². The molecule has 1 N–H and O–H groups in total. The monoisotopic (exact) mass is 446 g/mol. The Morgan fingerprint density at radius 3 is 2.03 bits per heavy atom. The maximum Gasteiger partial charge on any atom is 0.250 e. The van der Waals surface area contributed by atoms with Gasteiger partial charge >= 0.3 is 0 Å². The molecule has 4 heteroatoms. The van der Waals surface area contributed by atoms with E-state index in [2.05, 4.69) is 44.3 Å². The second kappa shape index (κ2) is 9.64. The quantitative estimate of drug-likeness (QED) is 0.324. The lowest BCUT2D eigenvalue weighted by Gasteiger charge is -2.18. The summed E-state index contributed by atoms with van der Waals surface area (Å²) < 4.78 is 6.06. The highest BCUT2D eigenvalue weighted by molar-refractivity contribution is 6.03. The van der Waals surface area contributed by atoms with Crippen LogP contribution in [0.4, 0.5) is 5.88 Å². The maximum atomic E-state index is 12.7. The number of amides is 1. The molecule has 168 valence electrons. The fraction of sp³-hybridized carbons (Fsp3) is 0.133. The standard InChI is InChI=1S/C30H26N2O2/c1-30(2,3)24-17-14-21(15-18-24)16-19-26(33)32-29-25(20-31)27(22-10-6-4-7-11-22)28(34-29)23-12-8-5-9-13-23/h4-19H,1-3H3,(H,32,33)/b19-16+. The van der Waals surface area contributed by atoms with E-state index in [-0.39, 0.29) is 17.2 Å². The van der Waals surface area contributed by atoms with Crippen molar-refractivity contribution in [2.24, 2.45) is 0 Å². The van der Waals surface area contributed by atoms with Crippen LogP contribution in [0.3, 0.4) is 0 Å². The van der Waals surface area contributed by atoms with Crippen LogP contribution in [0.1, 0.15) is 37.5 Å². The zero-order valence-corrected chi connectivity index (χ0v) is 19.5. The lowest BCUT2D eigenvalue weighted by atomic mass is 9.87. The molecular weight excluding hydrogens is 420 g/mol. The van der Waals surface area contributed by atoms with E-state index in [0.717, 1.165) is 16.7 Å². The minimum Gasteiger partial charge on any atom is -0.438 e. The lowest BCUT2D eigenvalue weighted by molar-refractivity contribution is -0.111. The Labute approximate surface area is 200 Å². The number of nitriles is 1. The number of furan rings is 1. The number of anilines is 1. The van der Waals surface area contributed by atoms with Crippen molar-refractivity contribution in [2.45, 2.75) is 26.2 Å². The topological polar surface area (TPSA) is 66.0 Å². The molecule has 0 fully saturated rings. The fourth-order valence-corrected chi connectivity index (χ4v) is 3.72. The molecule has 4 rings (SSSR count). The summed E-state index contributed by atoms with van der Waals surface area (Å²) in [7, 11) is 0. The van der Waals surface area contributed by atoms with Crippen LogP contribution in [0.5, 0.6) is 0 Å². The maximum absolute atomic E-state index is 12.7. The van der Waals surface area contributed by atoms with Crippen LogP contribution in [0.25, 0.3) is 28.5 Å². The molecule has 0 saturated carbocycles. The molecule has 0 unspecified atom stereocenters. The van der Waals surface area contributed by atoms with Gasteiger partial charge in [0.1, 0.15) is 17.4 Å². The second-order valence-corrected chi connectivity index (χ2v) is 9.05. The van der Waals surface area contributed by atoms with E-state index in [9.17, 15) is 10.1 Å². The Hall–Kier alpha value is -4.36. The van der Waals surface area contributed by atoms with Gasteiger partial charge in [-0.15, -0.1) is 0 Å². The Kier molecular flexibility index (Phi) is 6.47. The third-order valence-corrected chi connectivity index (χ3v) is 5.56. The summed E-state index contributed by atoms with van der Waals surface area (Å²) in [6.45, 7) is 6.48. The molecule has 4 nitrogen and oxygen atoms in total. The fourth-order valence-electron chi connectivity index (χ4n) is 3.72. The number of carbonyl (C=O) groups is 1. The molecule has 1 heterocycles. The van der Waals surface area contributed by atoms with Crippen LogP contribution in [-0.2, 0) is 10.2 Å². The van der Waals surface area contributed by atoms with Gasteiger partial charge in [0, 0.05) is 17.2 Å². The first-order chi connectivity index (χ1) is 16.4. The second-order valence-electron chi connectivity index (χ2n) is 9.05. The average molecular weight is 447 g/mol. The van der Waals surface area contributed by atoms with Crippen LogP contribution in [0.15, 0.2) is 95.4 Å². The molecule has 0 aliphatic heterocycles. The van der Waals surface area contributed by atoms with Gasteiger partial charge in [0.2, 0.25) is 5.88 Å². The Morgan fingerprint density at radius 1 is 0.882 bits per heavy atom. The molecule has 0 atom stereocenters. The molecule has 0 spiro atoms. The molecule has 1 aromatic heterocycles. The number of carbonyl (C=O) groups excluding carboxylic acids is 1. The molecule has 0 bridgehead atoms. The van der Waals surface area contributed by atoms with Gasteiger partial charge in [0.15, 0.2) is 0 Å². The molecule has 0 radical (unpaired) electrons. The van der Waals surface area contributed by atoms with Gasteiger partial charge < -0.3 is 4.42 Å². The Bertz CT molecular complexity index is 1350. The molecule has 4 aromatic rings. The Morgan fingerprint density at radius 2 is 1.47 bits per heavy atom. The minimum absolute atomic E-state index is 0.0690. The first-order valence-electron chi connectivity index (χ1n) is 11.1. The highest BCUT2D eigenvalue weighted by Crippen LogP contribution is 2.41. The molecule has 0 aliphatic rings. The summed E-state index contributed by atoms with van der Waals surface area (Å²) in [4.78, 5) is 12.7. The molecule has 0 saturated heterocycles. The highest BCUT2D eigenvalue weighted by atomic mass is 16.4. The van der Waals surface area contributed by atoms with E-state index in [1.807, 2.05) is 72.8 Å². The van der Waals surface area contributed by atoms with Crippen molar-refractivity contribution in [3.05, 3.63) is 108 Å². The summed E-state index contributed by atoms with van der Waals surface area (Å²) >= 11 is 0. The van der Waals surface area contributed by atoms with E-state index in [0.29, 0.717) is 16.9 Å². The van der Waals surface area contributed by atoms with Crippen molar-refractivity contribution in [1.29, 1.82) is 5.26 Å². The smallest absolute Gasteiger partial charge is 0.250 e. The van der Waals surface area contributed by atoms with Crippen molar-refractivity contribution < 1.29 is 9.21 Å². The predicted molar refractivity (Wildman–Crippen MR) is 137 cm³/mol. The van der Waals surface area contributed by atoms with Crippen molar-refractivity contribution in [2.75, 3.05) is 5.32 Å². The molecule has 34 heavy (non-hydrogen) atoms. The molecule has 0 aliphatic carbocycles. The zero-order chi connectivity index (χ0) is 24.1. The number of hydrogen-bond donors (Lipinski definition) is 1. The van der Waals surface area contributed by atoms with Crippen LogP contribution < -0.4 is 5.32 Å². The summed E-state index contributed by atoms with van der Waals surface area (Å²) in [5.41, 5.74) is 4.83. The first kappa shape index (κ1) is 22.8. The Balaban J connectivity index is 1.64. The summed E-state index contributed by atoms with van der Waals surface area (Å²) in [5, 5.41) is 12.7. The van der Waals surface area contributed by atoms with Gasteiger partial charge in [-0.2, -0.15) is 5.26 Å². The van der Waals surface area contributed by atoms with Gasteiger partial charge in [-0.1, -0.05) is 106 Å². The number of hydrogen-bond acceptors (Lipinski definition) is 3. The van der Waals surface area contributed by atoms with Crippen molar-refractivity contribution >= 4 is 17.9 Å². The normalized spacial score (nSPS) is 11.4. The number of benzene rings is 3. The average Bonchev–Trinajstić information content (AvgIpc) is 3.21. The third-order valence-electron chi connectivity index (χ3n) is 5.56. The summed E-state index contributed by atoms with van der Waals surface area (Å²) in [6.07, 6.45) is 3.19. The first-order valence-corrected chi connectivity index (χ1v) is 11.1. The van der Waals surface area contributed by atoms with Gasteiger partial charge in [-0.25, -0.2) is 0 Å². The molecule has 1 amide bonds. The predicted octanol–water partition coefficient (Wildman–Crippen LogP) is 7.43. The molecular formula is C30H26N2O2. The zero-order valence-electron chi connectivity index (χ0n) is 19.5. The van der Waals surface area contributed by atoms with E-state index < -0.39 is 0 Å². The van der Waals surface area contributed by atoms with Gasteiger partial charge in [-0.3, -0.25) is 10.1 Å². The summed E-state index contributed by atoms with van der Waals surface area (Å²) in [6, 6.07) is 29.5. The third kappa shape index (κ3) is 5.00. The highest BCUT2D eigenvalue weighted by Gasteiger charge is 2.23. The van der Waals surface area contributed by atoms with E-state index in [1.165, 1.54) is 11.6 Å². The van der Waals surface area contributed by atoms with Crippen molar-refractivity contribution in [3.8, 4) is 28.5 Å². The van der Waals surface area contributed by atoms with Gasteiger partial charge in [0.05, 0.1) is 0 Å². The van der Waals surface area contributed by atoms with E-state index in [4.69, 9.17) is 4.42 Å².